The Labute approximate surface area is 256 Å². The van der Waals surface area contributed by atoms with Gasteiger partial charge in [-0.25, -0.2) is 0 Å². The molecule has 0 fully saturated rings. The van der Waals surface area contributed by atoms with E-state index in [1.165, 1.54) is 19.0 Å². The fourth-order valence-electron chi connectivity index (χ4n) is 7.23. The lowest BCUT2D eigenvalue weighted by atomic mass is 9.58. The van der Waals surface area contributed by atoms with E-state index in [1.54, 1.807) is 11.8 Å². The van der Waals surface area contributed by atoms with E-state index in [4.69, 9.17) is 5.73 Å². The predicted octanol–water partition coefficient (Wildman–Crippen LogP) is 3.16. The van der Waals surface area contributed by atoms with Crippen molar-refractivity contribution >= 4 is 17.5 Å². The number of Topliss-reactive ketones (excluding diaryl/α,β-unsaturated/α-hetero) is 2. The highest BCUT2D eigenvalue weighted by Crippen LogP contribution is 2.54. The number of rotatable bonds is 7. The van der Waals surface area contributed by atoms with Crippen LogP contribution in [0, 0.1) is 11.8 Å². The van der Waals surface area contributed by atoms with Crippen molar-refractivity contribution in [3.63, 3.8) is 0 Å². The second kappa shape index (κ2) is 11.3. The van der Waals surface area contributed by atoms with Gasteiger partial charge in [-0.2, -0.15) is 13.2 Å². The van der Waals surface area contributed by atoms with E-state index >= 15 is 0 Å². The number of allylic oxidation sites excluding steroid dienone is 1. The van der Waals surface area contributed by atoms with Crippen molar-refractivity contribution in [3.05, 3.63) is 86.9 Å². The van der Waals surface area contributed by atoms with Crippen LogP contribution in [0.3, 0.4) is 0 Å². The van der Waals surface area contributed by atoms with E-state index in [0.29, 0.717) is 13.1 Å². The number of aliphatic hydroxyl groups is 3. The lowest BCUT2D eigenvalue weighted by Gasteiger charge is -2.50. The van der Waals surface area contributed by atoms with Gasteiger partial charge < -0.3 is 26.2 Å². The maximum Gasteiger partial charge on any atom is 0.417 e. The predicted molar refractivity (Wildman–Crippen MR) is 155 cm³/mol. The minimum absolute atomic E-state index is 0.192. The van der Waals surface area contributed by atoms with Gasteiger partial charge in [0.1, 0.15) is 22.8 Å². The van der Waals surface area contributed by atoms with E-state index in [9.17, 15) is 48.0 Å². The molecule has 4 atom stereocenters. The van der Waals surface area contributed by atoms with Crippen molar-refractivity contribution in [1.82, 2.24) is 9.80 Å². The molecule has 0 unspecified atom stereocenters. The van der Waals surface area contributed by atoms with Crippen LogP contribution < -0.4 is 5.73 Å². The molecule has 13 heteroatoms. The highest BCUT2D eigenvalue weighted by atomic mass is 19.4. The van der Waals surface area contributed by atoms with Crippen LogP contribution in [0.5, 0.6) is 5.75 Å². The van der Waals surface area contributed by atoms with E-state index in [0.717, 1.165) is 11.6 Å². The third kappa shape index (κ3) is 5.08. The van der Waals surface area contributed by atoms with Gasteiger partial charge in [0.15, 0.2) is 11.4 Å². The smallest absolute Gasteiger partial charge is 0.417 e. The number of aromatic hydroxyl groups is 1. The van der Waals surface area contributed by atoms with Crippen LogP contribution >= 0.6 is 0 Å². The molecule has 1 amide bonds. The Morgan fingerprint density at radius 1 is 1.09 bits per heavy atom. The maximum absolute atomic E-state index is 14.8. The van der Waals surface area contributed by atoms with Gasteiger partial charge in [0, 0.05) is 24.6 Å². The number of phenols is 1. The van der Waals surface area contributed by atoms with Crippen molar-refractivity contribution < 1.29 is 48.0 Å². The molecule has 5 rings (SSSR count). The van der Waals surface area contributed by atoms with Crippen LogP contribution in [-0.4, -0.2) is 80.0 Å². The zero-order valence-corrected chi connectivity index (χ0v) is 24.9. The molecule has 3 aliphatic carbocycles. The molecule has 2 aromatic carbocycles. The number of primary amides is 1. The summed E-state index contributed by atoms with van der Waals surface area (Å²) in [7, 11) is 2.93. The summed E-state index contributed by atoms with van der Waals surface area (Å²) in [5, 5.41) is 45.0. The van der Waals surface area contributed by atoms with Gasteiger partial charge in [-0.3, -0.25) is 24.2 Å². The topological polar surface area (TPSA) is 165 Å². The van der Waals surface area contributed by atoms with Crippen LogP contribution in [0.1, 0.15) is 46.0 Å². The average Bonchev–Trinajstić information content (AvgIpc) is 2.94. The van der Waals surface area contributed by atoms with Gasteiger partial charge in [0.05, 0.1) is 17.2 Å². The number of benzene rings is 2. The minimum atomic E-state index is -4.93. The number of halogens is 3. The number of phenolic OH excluding ortho intramolecular Hbond substituents is 1. The molecule has 45 heavy (non-hydrogen) atoms. The number of nitrogens with two attached hydrogens (primary N) is 1. The summed E-state index contributed by atoms with van der Waals surface area (Å²) in [4.78, 5) is 42.5. The Bertz CT molecular complexity index is 1650. The van der Waals surface area contributed by atoms with Crippen LogP contribution in [0.25, 0.3) is 0 Å². The summed E-state index contributed by atoms with van der Waals surface area (Å²) in [5.74, 6) is -9.09. The Morgan fingerprint density at radius 3 is 2.29 bits per heavy atom. The van der Waals surface area contributed by atoms with Crippen molar-refractivity contribution in [3.8, 4) is 5.75 Å². The van der Waals surface area contributed by atoms with Crippen molar-refractivity contribution in [2.24, 2.45) is 17.6 Å². The number of carbonyl (C=O) groups excluding carboxylic acids is 3. The number of carbonyl (C=O) groups is 3. The SMILES string of the molecule is CCN(Cc1ccccc1)Cc1cc(O)c2c(c1C(F)(F)F)C[C@H]1C[C@H]3[C@H](N(C)C)C(O)=C(C(N)=O)C(=O)[C@@]3(O)C(O)=C1C2=O. The quantitative estimate of drug-likeness (QED) is 0.290. The molecule has 3 aliphatic rings. The second-order valence-electron chi connectivity index (χ2n) is 12.0. The van der Waals surface area contributed by atoms with E-state index < -0.39 is 98.7 Å². The van der Waals surface area contributed by atoms with E-state index in [1.807, 2.05) is 30.3 Å². The van der Waals surface area contributed by atoms with Gasteiger partial charge >= 0.3 is 6.18 Å². The molecule has 0 heterocycles. The van der Waals surface area contributed by atoms with Crippen molar-refractivity contribution in [1.29, 1.82) is 0 Å². The summed E-state index contributed by atoms with van der Waals surface area (Å²) in [6.45, 7) is 2.32. The number of alkyl halides is 3. The molecule has 240 valence electrons. The summed E-state index contributed by atoms with van der Waals surface area (Å²) >= 11 is 0. The molecule has 0 saturated heterocycles. The monoisotopic (exact) mass is 629 g/mol. The van der Waals surface area contributed by atoms with Gasteiger partial charge in [0.2, 0.25) is 5.78 Å². The van der Waals surface area contributed by atoms with Crippen LogP contribution in [-0.2, 0) is 35.3 Å². The molecule has 0 aliphatic heterocycles. The Morgan fingerprint density at radius 2 is 1.73 bits per heavy atom. The molecule has 10 nitrogen and oxygen atoms in total. The fraction of sp³-hybridized carbons (Fsp3) is 0.406. The summed E-state index contributed by atoms with van der Waals surface area (Å²) < 4.78 is 44.5. The first-order valence-corrected chi connectivity index (χ1v) is 14.4. The number of nitrogens with zero attached hydrogens (tertiary/aromatic N) is 2. The molecular weight excluding hydrogens is 595 g/mol. The lowest BCUT2D eigenvalue weighted by molar-refractivity contribution is -0.148. The number of fused-ring (bicyclic) bond motifs is 3. The molecule has 0 bridgehead atoms. The summed E-state index contributed by atoms with van der Waals surface area (Å²) in [6.07, 6.45) is -5.71. The largest absolute Gasteiger partial charge is 0.510 e. The van der Waals surface area contributed by atoms with Gasteiger partial charge in [-0.15, -0.1) is 0 Å². The average molecular weight is 630 g/mol. The van der Waals surface area contributed by atoms with Gasteiger partial charge in [0.25, 0.3) is 5.91 Å². The number of amides is 1. The number of ketones is 2. The van der Waals surface area contributed by atoms with Gasteiger partial charge in [-0.05, 0) is 62.2 Å². The second-order valence-corrected chi connectivity index (χ2v) is 12.0. The molecule has 6 N–H and O–H groups in total. The zero-order valence-electron chi connectivity index (χ0n) is 24.9. The normalized spacial score (nSPS) is 25.0. The summed E-state index contributed by atoms with van der Waals surface area (Å²) in [5.41, 5.74) is -0.618. The van der Waals surface area contributed by atoms with E-state index in [-0.39, 0.29) is 18.5 Å². The number of hydrogen-bond donors (Lipinski definition) is 5. The molecule has 2 aromatic rings. The van der Waals surface area contributed by atoms with Crippen molar-refractivity contribution in [2.45, 2.75) is 50.7 Å². The van der Waals surface area contributed by atoms with Crippen LogP contribution in [0.15, 0.2) is 59.1 Å². The number of aliphatic hydroxyl groups excluding tert-OH is 2. The first kappa shape index (κ1) is 32.2. The Balaban J connectivity index is 1.66. The first-order valence-electron chi connectivity index (χ1n) is 14.4. The fourth-order valence-corrected chi connectivity index (χ4v) is 7.23. The van der Waals surface area contributed by atoms with Crippen molar-refractivity contribution in [2.75, 3.05) is 20.6 Å². The zero-order chi connectivity index (χ0) is 33.2. The maximum atomic E-state index is 14.8. The highest BCUT2D eigenvalue weighted by Gasteiger charge is 2.63. The lowest BCUT2D eigenvalue weighted by Crippen LogP contribution is -2.63. The summed E-state index contributed by atoms with van der Waals surface area (Å²) in [6, 6.07) is 8.79. The molecular formula is C32H34F3N3O7. The Hall–Kier alpha value is -4.20. The van der Waals surface area contributed by atoms with E-state index in [2.05, 4.69) is 0 Å². The Kier molecular flexibility index (Phi) is 8.09. The van der Waals surface area contributed by atoms with Gasteiger partial charge in [-0.1, -0.05) is 37.3 Å². The van der Waals surface area contributed by atoms with Crippen LogP contribution in [0.2, 0.25) is 0 Å². The first-order chi connectivity index (χ1) is 21.0. The third-order valence-corrected chi connectivity index (χ3v) is 9.18. The minimum Gasteiger partial charge on any atom is -0.510 e. The molecule has 0 spiro atoms. The highest BCUT2D eigenvalue weighted by molar-refractivity contribution is 6.24. The number of hydrogen-bond acceptors (Lipinski definition) is 9. The van der Waals surface area contributed by atoms with Crippen LogP contribution in [0.4, 0.5) is 13.2 Å². The third-order valence-electron chi connectivity index (χ3n) is 9.18. The number of likely N-dealkylation sites (N-methyl/N-ethyl adjacent to an activating group) is 1. The standard InChI is InChI=1S/C32H34F3N3O7/c1-4-38(13-15-8-6-5-7-9-15)14-17-12-20(39)22-18(24(17)32(33,34)35)10-16-11-19-25(37(2)3)27(41)23(30(36)44)29(43)31(19,45)28(42)21(16)26(22)40/h5-9,12,16,19,25,39,41-42,45H,4,10-11,13-14H2,1-3H3,(H2,36,44)/t16-,19-,25-,31-/m0/s1. The molecule has 0 aromatic heterocycles. The molecule has 0 radical (unpaired) electrons. The molecule has 0 saturated carbocycles.